The summed E-state index contributed by atoms with van der Waals surface area (Å²) in [5.74, 6) is 0. The summed E-state index contributed by atoms with van der Waals surface area (Å²) in [6, 6.07) is 19.3. The van der Waals surface area contributed by atoms with Gasteiger partial charge < -0.3 is 0 Å². The average Bonchev–Trinajstić information content (AvgIpc) is 3.15. The Bertz CT molecular complexity index is 472. The van der Waals surface area contributed by atoms with Crippen molar-refractivity contribution in [3.05, 3.63) is 60.2 Å². The normalized spacial score (nSPS) is 15.0. The molecule has 0 amide bonds. The Morgan fingerprint density at radius 2 is 1.50 bits per heavy atom. The molecule has 0 radical (unpaired) electrons. The van der Waals surface area contributed by atoms with Crippen molar-refractivity contribution in [1.82, 2.24) is 4.90 Å². The lowest BCUT2D eigenvalue weighted by Gasteiger charge is -2.09. The van der Waals surface area contributed by atoms with E-state index in [1.807, 2.05) is 0 Å². The minimum Gasteiger partial charge on any atom is -0.297 e. The molecule has 0 N–H and O–H groups in total. The molecule has 1 heterocycles. The lowest BCUT2D eigenvalue weighted by atomic mass is 10.00. The Balaban J connectivity index is 1.98. The van der Waals surface area contributed by atoms with Gasteiger partial charge in [-0.05, 0) is 16.7 Å². The van der Waals surface area contributed by atoms with Gasteiger partial charge in [-0.2, -0.15) is 0 Å². The van der Waals surface area contributed by atoms with E-state index in [2.05, 4.69) is 59.5 Å². The summed E-state index contributed by atoms with van der Waals surface area (Å²) in [6.07, 6.45) is 0. The predicted octanol–water partition coefficient (Wildman–Crippen LogP) is 3.17. The van der Waals surface area contributed by atoms with Crippen molar-refractivity contribution in [3.8, 4) is 11.1 Å². The largest absolute Gasteiger partial charge is 0.297 e. The first-order valence-corrected chi connectivity index (χ1v) is 5.79. The van der Waals surface area contributed by atoms with E-state index < -0.39 is 0 Å². The molecule has 0 saturated carbocycles. The standard InChI is InChI=1S/C15H15N/c1-2-6-13(7-3-1)15-9-5-4-8-14(15)12-16-10-11-16/h1-9H,10-12H2. The van der Waals surface area contributed by atoms with Gasteiger partial charge in [0.15, 0.2) is 0 Å². The van der Waals surface area contributed by atoms with Gasteiger partial charge in [-0.3, -0.25) is 4.90 Å². The van der Waals surface area contributed by atoms with E-state index in [9.17, 15) is 0 Å². The summed E-state index contributed by atoms with van der Waals surface area (Å²) < 4.78 is 0. The van der Waals surface area contributed by atoms with E-state index in [1.54, 1.807) is 0 Å². The molecule has 0 aliphatic carbocycles. The van der Waals surface area contributed by atoms with Crippen molar-refractivity contribution in [1.29, 1.82) is 0 Å². The Hall–Kier alpha value is -1.60. The molecule has 0 spiro atoms. The summed E-state index contributed by atoms with van der Waals surface area (Å²) in [6.45, 7) is 3.59. The molecular formula is C15H15N. The highest BCUT2D eigenvalue weighted by atomic mass is 15.2. The van der Waals surface area contributed by atoms with Gasteiger partial charge >= 0.3 is 0 Å². The quantitative estimate of drug-likeness (QED) is 0.702. The van der Waals surface area contributed by atoms with Gasteiger partial charge in [0, 0.05) is 19.6 Å². The van der Waals surface area contributed by atoms with Crippen LogP contribution in [0.1, 0.15) is 5.56 Å². The van der Waals surface area contributed by atoms with Crippen LogP contribution in [-0.4, -0.2) is 18.0 Å². The highest BCUT2D eigenvalue weighted by molar-refractivity contribution is 5.67. The molecule has 1 aliphatic heterocycles. The Morgan fingerprint density at radius 3 is 2.25 bits per heavy atom. The van der Waals surface area contributed by atoms with E-state index in [4.69, 9.17) is 0 Å². The van der Waals surface area contributed by atoms with Gasteiger partial charge in [0.25, 0.3) is 0 Å². The maximum atomic E-state index is 2.45. The zero-order valence-corrected chi connectivity index (χ0v) is 9.26. The van der Waals surface area contributed by atoms with Crippen LogP contribution in [0.25, 0.3) is 11.1 Å². The van der Waals surface area contributed by atoms with Crippen LogP contribution >= 0.6 is 0 Å². The van der Waals surface area contributed by atoms with Crippen LogP contribution in [0.2, 0.25) is 0 Å². The van der Waals surface area contributed by atoms with Crippen LogP contribution in [0.15, 0.2) is 54.6 Å². The average molecular weight is 209 g/mol. The highest BCUT2D eigenvalue weighted by Gasteiger charge is 2.18. The zero-order valence-electron chi connectivity index (χ0n) is 9.26. The fourth-order valence-corrected chi connectivity index (χ4v) is 2.03. The molecule has 0 aromatic heterocycles. The van der Waals surface area contributed by atoms with Crippen molar-refractivity contribution in [2.45, 2.75) is 6.54 Å². The van der Waals surface area contributed by atoms with Gasteiger partial charge in [-0.15, -0.1) is 0 Å². The number of hydrogen-bond donors (Lipinski definition) is 0. The molecule has 1 fully saturated rings. The second kappa shape index (κ2) is 4.11. The summed E-state index contributed by atoms with van der Waals surface area (Å²) in [4.78, 5) is 2.45. The van der Waals surface area contributed by atoms with Crippen LogP contribution in [-0.2, 0) is 6.54 Å². The smallest absolute Gasteiger partial charge is 0.0240 e. The zero-order chi connectivity index (χ0) is 10.8. The number of rotatable bonds is 3. The van der Waals surface area contributed by atoms with Crippen LogP contribution in [0, 0.1) is 0 Å². The molecule has 1 nitrogen and oxygen atoms in total. The van der Waals surface area contributed by atoms with Gasteiger partial charge in [0.2, 0.25) is 0 Å². The Kier molecular flexibility index (Phi) is 2.47. The van der Waals surface area contributed by atoms with Crippen LogP contribution in [0.3, 0.4) is 0 Å². The first-order valence-electron chi connectivity index (χ1n) is 5.79. The van der Waals surface area contributed by atoms with Crippen molar-refractivity contribution >= 4 is 0 Å². The summed E-state index contributed by atoms with van der Waals surface area (Å²) >= 11 is 0. The maximum absolute atomic E-state index is 2.45. The number of benzene rings is 2. The molecule has 2 aromatic carbocycles. The second-order valence-electron chi connectivity index (χ2n) is 4.30. The maximum Gasteiger partial charge on any atom is 0.0240 e. The van der Waals surface area contributed by atoms with Crippen LogP contribution < -0.4 is 0 Å². The highest BCUT2D eigenvalue weighted by Crippen LogP contribution is 2.25. The topological polar surface area (TPSA) is 3.01 Å². The third-order valence-corrected chi connectivity index (χ3v) is 3.04. The summed E-state index contributed by atoms with van der Waals surface area (Å²) in [5, 5.41) is 0. The molecule has 0 bridgehead atoms. The molecular weight excluding hydrogens is 194 g/mol. The van der Waals surface area contributed by atoms with E-state index in [0.717, 1.165) is 6.54 Å². The third kappa shape index (κ3) is 2.00. The Labute approximate surface area is 96.3 Å². The molecule has 1 saturated heterocycles. The molecule has 0 unspecified atom stereocenters. The second-order valence-corrected chi connectivity index (χ2v) is 4.30. The molecule has 3 rings (SSSR count). The predicted molar refractivity (Wildman–Crippen MR) is 67.2 cm³/mol. The van der Waals surface area contributed by atoms with Crippen molar-refractivity contribution < 1.29 is 0 Å². The number of nitrogens with zero attached hydrogens (tertiary/aromatic N) is 1. The van der Waals surface area contributed by atoms with Crippen molar-refractivity contribution in [2.24, 2.45) is 0 Å². The van der Waals surface area contributed by atoms with Crippen molar-refractivity contribution in [2.75, 3.05) is 13.1 Å². The minimum atomic E-state index is 1.09. The first-order chi connectivity index (χ1) is 7.93. The van der Waals surface area contributed by atoms with Gasteiger partial charge in [-0.25, -0.2) is 0 Å². The minimum absolute atomic E-state index is 1.09. The van der Waals surface area contributed by atoms with Gasteiger partial charge in [0.1, 0.15) is 0 Å². The molecule has 2 aromatic rings. The van der Waals surface area contributed by atoms with Crippen LogP contribution in [0.4, 0.5) is 0 Å². The summed E-state index contributed by atoms with van der Waals surface area (Å²) in [7, 11) is 0. The molecule has 0 atom stereocenters. The summed E-state index contributed by atoms with van der Waals surface area (Å²) in [5.41, 5.74) is 4.13. The van der Waals surface area contributed by atoms with Gasteiger partial charge in [0.05, 0.1) is 0 Å². The lowest BCUT2D eigenvalue weighted by molar-refractivity contribution is 0.557. The fraction of sp³-hybridized carbons (Fsp3) is 0.200. The van der Waals surface area contributed by atoms with Gasteiger partial charge in [-0.1, -0.05) is 54.6 Å². The molecule has 80 valence electrons. The fourth-order valence-electron chi connectivity index (χ4n) is 2.03. The monoisotopic (exact) mass is 209 g/mol. The Morgan fingerprint density at radius 1 is 0.812 bits per heavy atom. The molecule has 1 aliphatic rings. The molecule has 1 heteroatoms. The van der Waals surface area contributed by atoms with Crippen molar-refractivity contribution in [3.63, 3.8) is 0 Å². The SMILES string of the molecule is c1ccc(-c2ccccc2CN2CC2)cc1. The third-order valence-electron chi connectivity index (χ3n) is 3.04. The van der Waals surface area contributed by atoms with E-state index in [1.165, 1.54) is 29.8 Å². The molecule has 16 heavy (non-hydrogen) atoms. The van der Waals surface area contributed by atoms with E-state index in [0.29, 0.717) is 0 Å². The number of hydrogen-bond acceptors (Lipinski definition) is 1. The van der Waals surface area contributed by atoms with E-state index in [-0.39, 0.29) is 0 Å². The first kappa shape index (κ1) is 9.61. The lowest BCUT2D eigenvalue weighted by Crippen LogP contribution is -1.98. The van der Waals surface area contributed by atoms with Crippen LogP contribution in [0.5, 0.6) is 0 Å². The van der Waals surface area contributed by atoms with E-state index >= 15 is 0 Å².